The zero-order chi connectivity index (χ0) is 13.8. The molecular formula is C12H14Cl2N2O3. The molecule has 1 N–H and O–H groups in total. The molecule has 0 aromatic heterocycles. The van der Waals surface area contributed by atoms with E-state index in [-0.39, 0.29) is 15.7 Å². The Bertz CT molecular complexity index is 455. The molecule has 0 unspecified atom stereocenters. The lowest BCUT2D eigenvalue weighted by atomic mass is 10.3. The van der Waals surface area contributed by atoms with Gasteiger partial charge in [-0.2, -0.15) is 0 Å². The summed E-state index contributed by atoms with van der Waals surface area (Å²) in [6.45, 7) is 1.91. The van der Waals surface area contributed by atoms with Crippen molar-refractivity contribution in [2.24, 2.45) is 5.92 Å². The summed E-state index contributed by atoms with van der Waals surface area (Å²) < 4.78 is 5.46. The van der Waals surface area contributed by atoms with Crippen LogP contribution in [0.2, 0.25) is 10.0 Å². The summed E-state index contributed by atoms with van der Waals surface area (Å²) >= 11 is 11.9. The predicted molar refractivity (Wildman–Crippen MR) is 75.1 cm³/mol. The van der Waals surface area contributed by atoms with Gasteiger partial charge in [0.2, 0.25) is 0 Å². The highest BCUT2D eigenvalue weighted by atomic mass is 35.5. The second kappa shape index (κ2) is 6.41. The van der Waals surface area contributed by atoms with Crippen LogP contribution in [-0.2, 0) is 4.74 Å². The van der Waals surface area contributed by atoms with Crippen LogP contribution in [0.3, 0.4) is 0 Å². The largest absolute Gasteiger partial charge is 0.380 e. The Morgan fingerprint density at radius 1 is 1.37 bits per heavy atom. The van der Waals surface area contributed by atoms with Crippen LogP contribution in [0.4, 0.5) is 11.4 Å². The molecule has 0 radical (unpaired) electrons. The smallest absolute Gasteiger partial charge is 0.272 e. The maximum atomic E-state index is 10.6. The molecule has 19 heavy (non-hydrogen) atoms. The van der Waals surface area contributed by atoms with Crippen LogP contribution in [0.5, 0.6) is 0 Å². The summed E-state index contributed by atoms with van der Waals surface area (Å²) in [4.78, 5) is 10.1. The molecule has 7 heteroatoms. The number of nitrogens with one attached hydrogen (secondary N) is 1. The van der Waals surface area contributed by atoms with E-state index in [4.69, 9.17) is 27.9 Å². The molecule has 1 aromatic carbocycles. The predicted octanol–water partition coefficient (Wildman–Crippen LogP) is 3.74. The van der Waals surface area contributed by atoms with Gasteiger partial charge in [-0.25, -0.2) is 0 Å². The monoisotopic (exact) mass is 304 g/mol. The molecule has 0 amide bonds. The Labute approximate surface area is 121 Å². The van der Waals surface area contributed by atoms with Gasteiger partial charge in [-0.15, -0.1) is 0 Å². The van der Waals surface area contributed by atoms with Crippen LogP contribution in [0.25, 0.3) is 0 Å². The van der Waals surface area contributed by atoms with Crippen molar-refractivity contribution < 1.29 is 9.66 Å². The van der Waals surface area contributed by atoms with Gasteiger partial charge in [0.1, 0.15) is 0 Å². The Kier molecular flexibility index (Phi) is 4.85. The maximum Gasteiger partial charge on any atom is 0.272 e. The minimum absolute atomic E-state index is 0.120. The maximum absolute atomic E-state index is 10.6. The fourth-order valence-corrected chi connectivity index (χ4v) is 2.23. The van der Waals surface area contributed by atoms with Crippen LogP contribution in [0, 0.1) is 16.0 Å². The van der Waals surface area contributed by atoms with Gasteiger partial charge in [-0.3, -0.25) is 10.1 Å². The molecule has 0 aliphatic heterocycles. The summed E-state index contributed by atoms with van der Waals surface area (Å²) in [5.74, 6) is 0.728. The van der Waals surface area contributed by atoms with Gasteiger partial charge >= 0.3 is 0 Å². The van der Waals surface area contributed by atoms with E-state index in [1.54, 1.807) is 0 Å². The number of nitro groups is 1. The van der Waals surface area contributed by atoms with Gasteiger partial charge in [0, 0.05) is 25.3 Å². The van der Waals surface area contributed by atoms with Crippen molar-refractivity contribution in [3.63, 3.8) is 0 Å². The van der Waals surface area contributed by atoms with E-state index in [0.717, 1.165) is 12.5 Å². The lowest BCUT2D eigenvalue weighted by Gasteiger charge is -2.10. The third kappa shape index (κ3) is 4.23. The molecule has 5 nitrogen and oxygen atoms in total. The van der Waals surface area contributed by atoms with Crippen molar-refractivity contribution >= 4 is 34.6 Å². The van der Waals surface area contributed by atoms with Gasteiger partial charge in [-0.05, 0) is 18.8 Å². The Morgan fingerprint density at radius 2 is 2.00 bits per heavy atom. The minimum Gasteiger partial charge on any atom is -0.380 e. The summed E-state index contributed by atoms with van der Waals surface area (Å²) in [6, 6.07) is 2.56. The van der Waals surface area contributed by atoms with Crippen molar-refractivity contribution in [2.75, 3.05) is 25.1 Å². The second-order valence-electron chi connectivity index (χ2n) is 4.49. The number of rotatable bonds is 7. The van der Waals surface area contributed by atoms with Crippen LogP contribution in [0.15, 0.2) is 12.1 Å². The lowest BCUT2D eigenvalue weighted by molar-refractivity contribution is -0.384. The van der Waals surface area contributed by atoms with Gasteiger partial charge < -0.3 is 10.1 Å². The van der Waals surface area contributed by atoms with Crippen LogP contribution in [0.1, 0.15) is 12.8 Å². The van der Waals surface area contributed by atoms with Crippen LogP contribution >= 0.6 is 23.2 Å². The number of benzene rings is 1. The molecule has 2 rings (SSSR count). The van der Waals surface area contributed by atoms with E-state index in [1.165, 1.54) is 25.0 Å². The third-order valence-electron chi connectivity index (χ3n) is 2.84. The molecular weight excluding hydrogens is 291 g/mol. The summed E-state index contributed by atoms with van der Waals surface area (Å²) in [5.41, 5.74) is 0.384. The Balaban J connectivity index is 1.86. The zero-order valence-electron chi connectivity index (χ0n) is 10.2. The molecule has 1 aliphatic carbocycles. The first-order chi connectivity index (χ1) is 9.08. The first kappa shape index (κ1) is 14.4. The van der Waals surface area contributed by atoms with E-state index >= 15 is 0 Å². The minimum atomic E-state index is -0.527. The van der Waals surface area contributed by atoms with E-state index in [1.807, 2.05) is 0 Å². The third-order valence-corrected chi connectivity index (χ3v) is 3.43. The number of ether oxygens (including phenoxy) is 1. The first-order valence-electron chi connectivity index (χ1n) is 6.03. The Morgan fingerprint density at radius 3 is 2.53 bits per heavy atom. The van der Waals surface area contributed by atoms with Gasteiger partial charge in [0.25, 0.3) is 5.69 Å². The molecule has 1 aliphatic rings. The topological polar surface area (TPSA) is 64.4 Å². The van der Waals surface area contributed by atoms with Crippen molar-refractivity contribution in [1.29, 1.82) is 0 Å². The highest BCUT2D eigenvalue weighted by Crippen LogP contribution is 2.34. The van der Waals surface area contributed by atoms with Crippen molar-refractivity contribution in [3.8, 4) is 0 Å². The van der Waals surface area contributed by atoms with Gasteiger partial charge in [-0.1, -0.05) is 23.2 Å². The number of halogens is 2. The quantitative estimate of drug-likeness (QED) is 0.473. The molecule has 104 valence electrons. The normalized spacial score (nSPS) is 14.4. The fraction of sp³-hybridized carbons (Fsp3) is 0.500. The van der Waals surface area contributed by atoms with Crippen molar-refractivity contribution in [1.82, 2.24) is 0 Å². The van der Waals surface area contributed by atoms with E-state index in [0.29, 0.717) is 18.8 Å². The van der Waals surface area contributed by atoms with E-state index in [9.17, 15) is 10.1 Å². The number of anilines is 1. The second-order valence-corrected chi connectivity index (χ2v) is 5.30. The number of hydrogen-bond donors (Lipinski definition) is 1. The number of non-ortho nitro benzene ring substituents is 1. The fourth-order valence-electron chi connectivity index (χ4n) is 1.62. The molecule has 0 bridgehead atoms. The molecule has 1 saturated carbocycles. The molecule has 0 heterocycles. The van der Waals surface area contributed by atoms with Gasteiger partial charge in [0.15, 0.2) is 0 Å². The molecule has 1 fully saturated rings. The van der Waals surface area contributed by atoms with Crippen LogP contribution < -0.4 is 5.32 Å². The molecule has 0 atom stereocenters. The lowest BCUT2D eigenvalue weighted by Crippen LogP contribution is -2.11. The van der Waals surface area contributed by atoms with E-state index < -0.39 is 4.92 Å². The molecule has 0 saturated heterocycles. The average Bonchev–Trinajstić information content (AvgIpc) is 3.15. The summed E-state index contributed by atoms with van der Waals surface area (Å²) in [5, 5.41) is 14.1. The number of hydrogen-bond acceptors (Lipinski definition) is 4. The summed E-state index contributed by atoms with van der Waals surface area (Å²) in [7, 11) is 0. The van der Waals surface area contributed by atoms with Crippen molar-refractivity contribution in [3.05, 3.63) is 32.3 Å². The van der Waals surface area contributed by atoms with Gasteiger partial charge in [0.05, 0.1) is 27.3 Å². The average molecular weight is 305 g/mol. The number of nitro benzene ring substituents is 1. The standard InChI is InChI=1S/C12H14Cl2N2O3/c13-10-5-9(16(17)18)6-11(14)12(10)15-3-4-19-7-8-1-2-8/h5-6,8,15H,1-4,7H2. The van der Waals surface area contributed by atoms with Crippen molar-refractivity contribution in [2.45, 2.75) is 12.8 Å². The summed E-state index contributed by atoms with van der Waals surface area (Å²) in [6.07, 6.45) is 2.51. The highest BCUT2D eigenvalue weighted by molar-refractivity contribution is 6.39. The number of nitrogens with zero attached hydrogens (tertiary/aromatic N) is 1. The highest BCUT2D eigenvalue weighted by Gasteiger charge is 2.21. The zero-order valence-corrected chi connectivity index (χ0v) is 11.7. The first-order valence-corrected chi connectivity index (χ1v) is 6.78. The Hall–Kier alpha value is -1.04. The molecule has 1 aromatic rings. The molecule has 0 spiro atoms. The SMILES string of the molecule is O=[N+]([O-])c1cc(Cl)c(NCCOCC2CC2)c(Cl)c1. The van der Waals surface area contributed by atoms with Crippen LogP contribution in [-0.4, -0.2) is 24.7 Å². The van der Waals surface area contributed by atoms with E-state index in [2.05, 4.69) is 5.32 Å².